The summed E-state index contributed by atoms with van der Waals surface area (Å²) < 4.78 is 43.0. The average molecular weight is 927 g/mol. The van der Waals surface area contributed by atoms with Crippen LogP contribution in [-0.2, 0) is 76.3 Å². The van der Waals surface area contributed by atoms with Crippen LogP contribution in [-0.4, -0.2) is 118 Å². The topological polar surface area (TPSA) is 210 Å². The highest BCUT2D eigenvalue weighted by Gasteiger charge is 2.38. The van der Waals surface area contributed by atoms with Crippen molar-refractivity contribution in [2.75, 3.05) is 70.1 Å². The summed E-state index contributed by atoms with van der Waals surface area (Å²) in [6, 6.07) is 0. The van der Waals surface area contributed by atoms with Crippen LogP contribution >= 0.6 is 37.9 Å². The standard InChI is InChI=1S/C42H70O16S3/c1-2-15-34(43)51-23-11-3-7-16-35(44)55-30-42(31-56-36(45)17-8-4-12-24-52-39(48)20-27-59,32-57-37(46)18-9-5-13-25-53-40(49)21-28-60)33-58-38(47)19-10-6-14-26-54-41(50)22-29-61/h59-61H,2-33H2,1H3. The average Bonchev–Trinajstić information content (AvgIpc) is 3.22. The van der Waals surface area contributed by atoms with Crippen molar-refractivity contribution < 1.29 is 76.3 Å². The quantitative estimate of drug-likeness (QED) is 0.0266. The Kier molecular flexibility index (Phi) is 37.6. The van der Waals surface area contributed by atoms with Gasteiger partial charge in [-0.1, -0.05) is 6.92 Å². The van der Waals surface area contributed by atoms with Crippen LogP contribution in [0.4, 0.5) is 0 Å². The molecule has 0 aromatic heterocycles. The largest absolute Gasteiger partial charge is 0.466 e. The van der Waals surface area contributed by atoms with E-state index in [1.165, 1.54) is 0 Å². The SMILES string of the molecule is CCCC(=O)OCCCCCC(=O)OCC(COC(=O)CCCCCOC(=O)CCS)(COC(=O)CCCCCOC(=O)CCS)COC(=O)CCCCCOC(=O)CCS. The highest BCUT2D eigenvalue weighted by Crippen LogP contribution is 2.23. The van der Waals surface area contributed by atoms with Gasteiger partial charge >= 0.3 is 47.8 Å². The molecule has 0 bridgehead atoms. The number of hydrogen-bond acceptors (Lipinski definition) is 19. The monoisotopic (exact) mass is 926 g/mol. The summed E-state index contributed by atoms with van der Waals surface area (Å²) in [5.41, 5.74) is -1.45. The molecular weight excluding hydrogens is 857 g/mol. The van der Waals surface area contributed by atoms with E-state index in [9.17, 15) is 38.4 Å². The Hall–Kier alpha value is -3.19. The molecule has 0 aliphatic carbocycles. The van der Waals surface area contributed by atoms with Gasteiger partial charge in [-0.3, -0.25) is 38.4 Å². The number of unbranched alkanes of at least 4 members (excludes halogenated alkanes) is 8. The second-order valence-electron chi connectivity index (χ2n) is 14.4. The summed E-state index contributed by atoms with van der Waals surface area (Å²) in [4.78, 5) is 97.9. The Bertz CT molecular complexity index is 1080. The third kappa shape index (κ3) is 36.0. The summed E-state index contributed by atoms with van der Waals surface area (Å²) in [6.45, 7) is 1.16. The zero-order valence-corrected chi connectivity index (χ0v) is 38.7. The van der Waals surface area contributed by atoms with Crippen LogP contribution in [0.1, 0.15) is 142 Å². The first kappa shape index (κ1) is 57.8. The van der Waals surface area contributed by atoms with Gasteiger partial charge < -0.3 is 37.9 Å². The molecular formula is C42H70O16S3. The fourth-order valence-corrected chi connectivity index (χ4v) is 5.72. The van der Waals surface area contributed by atoms with Crippen LogP contribution in [0, 0.1) is 5.41 Å². The minimum absolute atomic E-state index is 0.0295. The van der Waals surface area contributed by atoms with Gasteiger partial charge in [-0.05, 0) is 83.5 Å². The van der Waals surface area contributed by atoms with Crippen LogP contribution in [0.15, 0.2) is 0 Å². The second kappa shape index (κ2) is 39.6. The van der Waals surface area contributed by atoms with Gasteiger partial charge in [0.05, 0.1) is 45.7 Å². The summed E-state index contributed by atoms with van der Waals surface area (Å²) >= 11 is 12.0. The zero-order valence-electron chi connectivity index (χ0n) is 36.0. The molecule has 0 aliphatic rings. The first-order valence-electron chi connectivity index (χ1n) is 21.5. The molecule has 19 heteroatoms. The smallest absolute Gasteiger partial charge is 0.306 e. The van der Waals surface area contributed by atoms with Crippen LogP contribution in [0.3, 0.4) is 0 Å². The molecule has 0 rings (SSSR count). The van der Waals surface area contributed by atoms with Crippen LogP contribution in [0.2, 0.25) is 0 Å². The Morgan fingerprint density at radius 2 is 0.541 bits per heavy atom. The van der Waals surface area contributed by atoms with Crippen LogP contribution < -0.4 is 0 Å². The number of rotatable bonds is 40. The highest BCUT2D eigenvalue weighted by molar-refractivity contribution is 7.80. The van der Waals surface area contributed by atoms with Gasteiger partial charge in [0.25, 0.3) is 0 Å². The molecule has 61 heavy (non-hydrogen) atoms. The molecule has 0 aromatic carbocycles. The molecule has 0 unspecified atom stereocenters. The maximum absolute atomic E-state index is 12.9. The number of thiol groups is 3. The number of ether oxygens (including phenoxy) is 8. The van der Waals surface area contributed by atoms with Gasteiger partial charge in [-0.25, -0.2) is 0 Å². The van der Waals surface area contributed by atoms with E-state index in [2.05, 4.69) is 37.9 Å². The number of esters is 8. The molecule has 0 amide bonds. The Labute approximate surface area is 377 Å². The van der Waals surface area contributed by atoms with Gasteiger partial charge in [0.1, 0.15) is 31.8 Å². The van der Waals surface area contributed by atoms with Crippen molar-refractivity contribution in [1.29, 1.82) is 0 Å². The predicted molar refractivity (Wildman–Crippen MR) is 234 cm³/mol. The van der Waals surface area contributed by atoms with Gasteiger partial charge in [0.2, 0.25) is 0 Å². The fraction of sp³-hybridized carbons (Fsp3) is 0.810. The molecule has 0 heterocycles. The minimum Gasteiger partial charge on any atom is -0.466 e. The molecule has 0 fully saturated rings. The molecule has 0 N–H and O–H groups in total. The van der Waals surface area contributed by atoms with E-state index in [4.69, 9.17) is 37.9 Å². The first-order valence-corrected chi connectivity index (χ1v) is 23.4. The first-order chi connectivity index (χ1) is 29.4. The molecule has 16 nitrogen and oxygen atoms in total. The van der Waals surface area contributed by atoms with Crippen molar-refractivity contribution in [1.82, 2.24) is 0 Å². The maximum atomic E-state index is 12.9. The predicted octanol–water partition coefficient (Wildman–Crippen LogP) is 6.32. The van der Waals surface area contributed by atoms with E-state index < -0.39 is 55.7 Å². The molecule has 0 saturated carbocycles. The van der Waals surface area contributed by atoms with Gasteiger partial charge in [0, 0.05) is 49.4 Å². The summed E-state index contributed by atoms with van der Waals surface area (Å²) in [5, 5.41) is 0. The number of hydrogen-bond donors (Lipinski definition) is 3. The van der Waals surface area contributed by atoms with Crippen LogP contribution in [0.25, 0.3) is 0 Å². The third-order valence-corrected chi connectivity index (χ3v) is 9.38. The van der Waals surface area contributed by atoms with E-state index in [-0.39, 0.29) is 95.3 Å². The lowest BCUT2D eigenvalue weighted by Crippen LogP contribution is -2.44. The van der Waals surface area contributed by atoms with Gasteiger partial charge in [0.15, 0.2) is 0 Å². The summed E-state index contributed by atoms with van der Waals surface area (Å²) in [5.74, 6) is -2.45. The van der Waals surface area contributed by atoms with E-state index in [1.54, 1.807) is 0 Å². The van der Waals surface area contributed by atoms with Crippen molar-refractivity contribution in [3.8, 4) is 0 Å². The van der Waals surface area contributed by atoms with E-state index in [0.29, 0.717) is 107 Å². The Morgan fingerprint density at radius 3 is 0.770 bits per heavy atom. The van der Waals surface area contributed by atoms with E-state index in [0.717, 1.165) is 0 Å². The van der Waals surface area contributed by atoms with Gasteiger partial charge in [-0.15, -0.1) is 0 Å². The summed E-state index contributed by atoms with van der Waals surface area (Å²) in [7, 11) is 0. The fourth-order valence-electron chi connectivity index (χ4n) is 5.18. The maximum Gasteiger partial charge on any atom is 0.306 e. The van der Waals surface area contributed by atoms with Crippen molar-refractivity contribution >= 4 is 85.6 Å². The Balaban J connectivity index is 5.62. The van der Waals surface area contributed by atoms with E-state index in [1.807, 2.05) is 6.92 Å². The lowest BCUT2D eigenvalue weighted by atomic mass is 9.92. The van der Waals surface area contributed by atoms with Crippen molar-refractivity contribution in [2.24, 2.45) is 5.41 Å². The lowest BCUT2D eigenvalue weighted by Gasteiger charge is -2.31. The molecule has 0 spiro atoms. The van der Waals surface area contributed by atoms with Crippen molar-refractivity contribution in [3.63, 3.8) is 0 Å². The minimum atomic E-state index is -1.45. The van der Waals surface area contributed by atoms with Crippen LogP contribution in [0.5, 0.6) is 0 Å². The number of carbonyl (C=O) groups is 8. The molecule has 0 radical (unpaired) electrons. The summed E-state index contributed by atoms with van der Waals surface area (Å²) in [6.07, 6.45) is 8.11. The third-order valence-electron chi connectivity index (χ3n) is 8.71. The second-order valence-corrected chi connectivity index (χ2v) is 15.8. The van der Waals surface area contributed by atoms with Gasteiger partial charge in [-0.2, -0.15) is 37.9 Å². The zero-order chi connectivity index (χ0) is 45.4. The molecule has 0 aliphatic heterocycles. The molecule has 0 atom stereocenters. The number of carbonyl (C=O) groups excluding carboxylic acids is 8. The van der Waals surface area contributed by atoms with Crippen molar-refractivity contribution in [3.05, 3.63) is 0 Å². The van der Waals surface area contributed by atoms with E-state index >= 15 is 0 Å². The Morgan fingerprint density at radius 1 is 0.311 bits per heavy atom. The van der Waals surface area contributed by atoms with Crippen molar-refractivity contribution in [2.45, 2.75) is 142 Å². The molecule has 0 saturated heterocycles. The normalized spacial score (nSPS) is 11.0. The molecule has 0 aromatic rings. The highest BCUT2D eigenvalue weighted by atomic mass is 32.1. The molecule has 352 valence electrons. The lowest BCUT2D eigenvalue weighted by molar-refractivity contribution is -0.171.